The molecule has 0 aliphatic heterocycles. The monoisotopic (exact) mass is 484 g/mol. The predicted octanol–water partition coefficient (Wildman–Crippen LogP) is 7.22. The van der Waals surface area contributed by atoms with Crippen molar-refractivity contribution in [1.29, 1.82) is 0 Å². The Kier molecular flexibility index (Phi) is 5.76. The fraction of sp³-hybridized carbons (Fsp3) is 0.0645. The summed E-state index contributed by atoms with van der Waals surface area (Å²) in [6, 6.07) is 42.1. The molecule has 4 nitrogen and oxygen atoms in total. The zero-order chi connectivity index (χ0) is 24.4. The van der Waals surface area contributed by atoms with Crippen LogP contribution in [-0.2, 0) is 5.54 Å². The molecule has 0 bridgehead atoms. The Bertz CT molecular complexity index is 1490. The molecule has 0 N–H and O–H groups in total. The average Bonchev–Trinajstić information content (AvgIpc) is 3.61. The quantitative estimate of drug-likeness (QED) is 0.235. The van der Waals surface area contributed by atoms with Gasteiger partial charge in [0.1, 0.15) is 5.54 Å². The molecule has 2 aromatic heterocycles. The zero-order valence-electron chi connectivity index (χ0n) is 19.8. The van der Waals surface area contributed by atoms with E-state index in [9.17, 15) is 0 Å². The van der Waals surface area contributed by atoms with E-state index in [1.54, 1.807) is 11.3 Å². The molecule has 36 heavy (non-hydrogen) atoms. The standard InChI is InChI=1S/C31H24N4S/c1-23-21-24(22-36-23)28-19-11-12-20-29(28)30-32-33-34-35(30)31(25-13-5-2-6-14-25,26-15-7-3-8-16-26)27-17-9-4-10-18-27/h2-22H,1H3. The number of rotatable bonds is 6. The molecule has 0 spiro atoms. The molecule has 0 unspecified atom stereocenters. The van der Waals surface area contributed by atoms with Crippen molar-refractivity contribution < 1.29 is 0 Å². The molecule has 6 rings (SSSR count). The molecule has 0 aliphatic carbocycles. The minimum atomic E-state index is -0.777. The number of benzene rings is 4. The minimum Gasteiger partial charge on any atom is -0.205 e. The van der Waals surface area contributed by atoms with Crippen LogP contribution in [0.2, 0.25) is 0 Å². The van der Waals surface area contributed by atoms with E-state index in [4.69, 9.17) is 5.21 Å². The van der Waals surface area contributed by atoms with Crippen LogP contribution >= 0.6 is 11.3 Å². The van der Waals surface area contributed by atoms with Crippen molar-refractivity contribution in [3.63, 3.8) is 0 Å². The van der Waals surface area contributed by atoms with Crippen LogP contribution in [-0.4, -0.2) is 20.2 Å². The summed E-state index contributed by atoms with van der Waals surface area (Å²) in [5.74, 6) is 0.714. The lowest BCUT2D eigenvalue weighted by atomic mass is 9.77. The summed E-state index contributed by atoms with van der Waals surface area (Å²) < 4.78 is 1.99. The number of thiophene rings is 1. The second kappa shape index (κ2) is 9.36. The van der Waals surface area contributed by atoms with Gasteiger partial charge >= 0.3 is 0 Å². The van der Waals surface area contributed by atoms with Gasteiger partial charge in [-0.3, -0.25) is 0 Å². The fourth-order valence-corrected chi connectivity index (χ4v) is 5.70. The van der Waals surface area contributed by atoms with Crippen LogP contribution in [0.5, 0.6) is 0 Å². The topological polar surface area (TPSA) is 43.6 Å². The van der Waals surface area contributed by atoms with Crippen molar-refractivity contribution in [3.8, 4) is 22.5 Å². The number of nitrogens with zero attached hydrogens (tertiary/aromatic N) is 4. The molecule has 0 saturated carbocycles. The molecule has 6 aromatic rings. The Morgan fingerprint density at radius 2 is 1.14 bits per heavy atom. The van der Waals surface area contributed by atoms with Gasteiger partial charge in [0.2, 0.25) is 0 Å². The van der Waals surface area contributed by atoms with Crippen LogP contribution in [0.4, 0.5) is 0 Å². The summed E-state index contributed by atoms with van der Waals surface area (Å²) in [6.45, 7) is 2.13. The molecule has 5 heteroatoms. The van der Waals surface area contributed by atoms with Gasteiger partial charge in [0.25, 0.3) is 0 Å². The second-order valence-electron chi connectivity index (χ2n) is 8.71. The van der Waals surface area contributed by atoms with Crippen molar-refractivity contribution >= 4 is 11.3 Å². The number of hydrogen-bond donors (Lipinski definition) is 0. The highest BCUT2D eigenvalue weighted by Crippen LogP contribution is 2.43. The molecule has 4 aromatic carbocycles. The van der Waals surface area contributed by atoms with Gasteiger partial charge in [-0.05, 0) is 56.6 Å². The average molecular weight is 485 g/mol. The van der Waals surface area contributed by atoms with E-state index in [0.29, 0.717) is 5.82 Å². The Morgan fingerprint density at radius 3 is 1.64 bits per heavy atom. The van der Waals surface area contributed by atoms with E-state index in [2.05, 4.69) is 120 Å². The fourth-order valence-electron chi connectivity index (χ4n) is 5.00. The van der Waals surface area contributed by atoms with Crippen LogP contribution in [0.15, 0.2) is 127 Å². The van der Waals surface area contributed by atoms with Gasteiger partial charge in [-0.25, -0.2) is 4.68 Å². The number of aromatic nitrogens is 4. The lowest BCUT2D eigenvalue weighted by molar-refractivity contribution is 0.451. The third-order valence-corrected chi connectivity index (χ3v) is 7.43. The lowest BCUT2D eigenvalue weighted by Crippen LogP contribution is -2.39. The maximum Gasteiger partial charge on any atom is 0.184 e. The normalized spacial score (nSPS) is 11.5. The Labute approximate surface area is 214 Å². The van der Waals surface area contributed by atoms with Crippen molar-refractivity contribution in [1.82, 2.24) is 20.2 Å². The van der Waals surface area contributed by atoms with Crippen LogP contribution in [0.25, 0.3) is 22.5 Å². The van der Waals surface area contributed by atoms with Crippen molar-refractivity contribution in [2.75, 3.05) is 0 Å². The smallest absolute Gasteiger partial charge is 0.184 e. The Hall–Kier alpha value is -4.35. The van der Waals surface area contributed by atoms with Crippen LogP contribution in [0.3, 0.4) is 0 Å². The van der Waals surface area contributed by atoms with E-state index in [1.165, 1.54) is 10.4 Å². The van der Waals surface area contributed by atoms with Gasteiger partial charge in [0.15, 0.2) is 5.82 Å². The van der Waals surface area contributed by atoms with Crippen LogP contribution < -0.4 is 0 Å². The van der Waals surface area contributed by atoms with Gasteiger partial charge in [-0.15, -0.1) is 16.4 Å². The third-order valence-electron chi connectivity index (χ3n) is 6.57. The highest BCUT2D eigenvalue weighted by molar-refractivity contribution is 7.10. The van der Waals surface area contributed by atoms with E-state index >= 15 is 0 Å². The maximum absolute atomic E-state index is 4.69. The molecule has 2 heterocycles. The van der Waals surface area contributed by atoms with Crippen molar-refractivity contribution in [2.45, 2.75) is 12.5 Å². The predicted molar refractivity (Wildman–Crippen MR) is 146 cm³/mol. The summed E-state index contributed by atoms with van der Waals surface area (Å²) in [4.78, 5) is 1.27. The van der Waals surface area contributed by atoms with E-state index in [0.717, 1.165) is 27.8 Å². The van der Waals surface area contributed by atoms with Crippen LogP contribution in [0.1, 0.15) is 21.6 Å². The lowest BCUT2D eigenvalue weighted by Gasteiger charge is -2.36. The van der Waals surface area contributed by atoms with Crippen LogP contribution in [0, 0.1) is 6.92 Å². The van der Waals surface area contributed by atoms with Gasteiger partial charge < -0.3 is 0 Å². The molecule has 0 atom stereocenters. The first-order valence-electron chi connectivity index (χ1n) is 11.9. The van der Waals surface area contributed by atoms with E-state index in [-0.39, 0.29) is 0 Å². The summed E-state index contributed by atoms with van der Waals surface area (Å²) in [5, 5.41) is 15.8. The Balaban J connectivity index is 1.70. The Morgan fingerprint density at radius 1 is 0.639 bits per heavy atom. The van der Waals surface area contributed by atoms with Gasteiger partial charge in [-0.1, -0.05) is 115 Å². The number of tetrazole rings is 1. The van der Waals surface area contributed by atoms with E-state index in [1.807, 2.05) is 28.9 Å². The van der Waals surface area contributed by atoms with Gasteiger partial charge in [-0.2, -0.15) is 0 Å². The SMILES string of the molecule is Cc1cc(-c2ccccc2-c2nnnn2C(c2ccccc2)(c2ccccc2)c2ccccc2)cs1. The second-order valence-corrected chi connectivity index (χ2v) is 9.83. The summed E-state index contributed by atoms with van der Waals surface area (Å²) >= 11 is 1.75. The molecular weight excluding hydrogens is 460 g/mol. The molecule has 0 fully saturated rings. The largest absolute Gasteiger partial charge is 0.205 e. The van der Waals surface area contributed by atoms with Crippen molar-refractivity contribution in [2.24, 2.45) is 0 Å². The van der Waals surface area contributed by atoms with E-state index < -0.39 is 5.54 Å². The zero-order valence-corrected chi connectivity index (χ0v) is 20.6. The van der Waals surface area contributed by atoms with Gasteiger partial charge in [0, 0.05) is 10.4 Å². The summed E-state index contributed by atoms with van der Waals surface area (Å²) in [5.41, 5.74) is 5.75. The minimum absolute atomic E-state index is 0.714. The first kappa shape index (κ1) is 22.1. The summed E-state index contributed by atoms with van der Waals surface area (Å²) in [7, 11) is 0. The summed E-state index contributed by atoms with van der Waals surface area (Å²) in [6.07, 6.45) is 0. The first-order valence-corrected chi connectivity index (χ1v) is 12.8. The van der Waals surface area contributed by atoms with Crippen molar-refractivity contribution in [3.05, 3.63) is 148 Å². The molecule has 0 saturated heterocycles. The van der Waals surface area contributed by atoms with Gasteiger partial charge in [0.05, 0.1) is 0 Å². The third kappa shape index (κ3) is 3.65. The number of aryl methyl sites for hydroxylation is 1. The molecule has 0 aliphatic rings. The molecule has 0 radical (unpaired) electrons. The molecular formula is C31H24N4S. The molecule has 0 amide bonds. The highest BCUT2D eigenvalue weighted by Gasteiger charge is 2.42. The maximum atomic E-state index is 4.69. The highest BCUT2D eigenvalue weighted by atomic mass is 32.1. The number of hydrogen-bond acceptors (Lipinski definition) is 4. The first-order chi connectivity index (χ1) is 17.8. The molecule has 174 valence electrons.